The molecule has 3 N–H and O–H groups in total. The minimum absolute atomic E-state index is 0.00906. The molecule has 0 saturated heterocycles. The number of benzene rings is 2. The summed E-state index contributed by atoms with van der Waals surface area (Å²) >= 11 is 0. The van der Waals surface area contributed by atoms with E-state index in [0.717, 1.165) is 5.56 Å². The molecule has 1 aromatic heterocycles. The first kappa shape index (κ1) is 19.4. The molecule has 0 bridgehead atoms. The minimum atomic E-state index is -0.561. The van der Waals surface area contributed by atoms with Gasteiger partial charge in [-0.15, -0.1) is 0 Å². The predicted octanol–water partition coefficient (Wildman–Crippen LogP) is 2.72. The van der Waals surface area contributed by atoms with Crippen molar-refractivity contribution in [3.63, 3.8) is 0 Å². The zero-order valence-electron chi connectivity index (χ0n) is 16.1. The molecule has 7 heteroatoms. The second-order valence-electron chi connectivity index (χ2n) is 7.71. The Hall–Kier alpha value is -3.35. The zero-order chi connectivity index (χ0) is 20.5. The van der Waals surface area contributed by atoms with Gasteiger partial charge in [-0.05, 0) is 35.2 Å². The number of aromatic amines is 1. The average Bonchev–Trinajstić information content (AvgIpc) is 2.62. The van der Waals surface area contributed by atoms with Gasteiger partial charge in [0.15, 0.2) is 0 Å². The Balaban J connectivity index is 1.80. The molecule has 0 fully saturated rings. The summed E-state index contributed by atoms with van der Waals surface area (Å²) in [6.07, 6.45) is 0.00906. The summed E-state index contributed by atoms with van der Waals surface area (Å²) in [5.74, 6) is -0.364. The van der Waals surface area contributed by atoms with Crippen molar-refractivity contribution in [3.8, 4) is 5.75 Å². The van der Waals surface area contributed by atoms with Gasteiger partial charge in [0.05, 0.1) is 16.6 Å². The summed E-state index contributed by atoms with van der Waals surface area (Å²) in [7, 11) is 0. The second kappa shape index (κ2) is 7.34. The van der Waals surface area contributed by atoms with Crippen molar-refractivity contribution in [1.82, 2.24) is 9.55 Å². The maximum absolute atomic E-state index is 12.4. The molecule has 0 aliphatic heterocycles. The maximum atomic E-state index is 12.4. The van der Waals surface area contributed by atoms with Crippen LogP contribution >= 0.6 is 0 Å². The number of rotatable bonds is 4. The molecule has 3 aromatic rings. The molecule has 0 saturated carbocycles. The highest BCUT2D eigenvalue weighted by atomic mass is 16.3. The van der Waals surface area contributed by atoms with Crippen LogP contribution in [0, 0.1) is 0 Å². The van der Waals surface area contributed by atoms with Crippen molar-refractivity contribution in [1.29, 1.82) is 0 Å². The van der Waals surface area contributed by atoms with Crippen molar-refractivity contribution in [3.05, 3.63) is 68.9 Å². The summed E-state index contributed by atoms with van der Waals surface area (Å²) < 4.78 is 1.36. The number of aryl methyl sites for hydroxylation is 1. The summed E-state index contributed by atoms with van der Waals surface area (Å²) in [6, 6.07) is 11.8. The largest absolute Gasteiger partial charge is 0.506 e. The molecule has 146 valence electrons. The number of aromatic nitrogens is 2. The molecule has 2 aromatic carbocycles. The van der Waals surface area contributed by atoms with Crippen LogP contribution in [0.15, 0.2) is 52.1 Å². The van der Waals surface area contributed by atoms with Gasteiger partial charge in [0, 0.05) is 13.0 Å². The first-order valence-corrected chi connectivity index (χ1v) is 9.02. The van der Waals surface area contributed by atoms with Crippen molar-refractivity contribution in [2.75, 3.05) is 5.32 Å². The molecule has 0 unspecified atom stereocenters. The highest BCUT2D eigenvalue weighted by Crippen LogP contribution is 2.30. The third-order valence-electron chi connectivity index (χ3n) is 4.60. The average molecular weight is 381 g/mol. The van der Waals surface area contributed by atoms with E-state index in [2.05, 4.69) is 10.3 Å². The Morgan fingerprint density at radius 2 is 1.86 bits per heavy atom. The maximum Gasteiger partial charge on any atom is 0.328 e. The monoisotopic (exact) mass is 381 g/mol. The van der Waals surface area contributed by atoms with E-state index in [9.17, 15) is 19.5 Å². The Labute approximate surface area is 161 Å². The molecule has 1 amide bonds. The molecule has 3 rings (SSSR count). The van der Waals surface area contributed by atoms with E-state index in [1.165, 1.54) is 4.57 Å². The number of para-hydroxylation sites is 1. The fourth-order valence-electron chi connectivity index (χ4n) is 2.99. The van der Waals surface area contributed by atoms with E-state index in [1.54, 1.807) is 36.4 Å². The van der Waals surface area contributed by atoms with Gasteiger partial charge in [0.1, 0.15) is 5.75 Å². The summed E-state index contributed by atoms with van der Waals surface area (Å²) in [5, 5.41) is 13.1. The Morgan fingerprint density at radius 1 is 1.14 bits per heavy atom. The number of nitrogens with zero attached hydrogens (tertiary/aromatic N) is 1. The van der Waals surface area contributed by atoms with Gasteiger partial charge in [-0.25, -0.2) is 4.79 Å². The van der Waals surface area contributed by atoms with Gasteiger partial charge in [-0.2, -0.15) is 0 Å². The number of anilines is 1. The molecule has 0 spiro atoms. The number of amides is 1. The third kappa shape index (κ3) is 3.98. The van der Waals surface area contributed by atoms with Crippen LogP contribution in [0.25, 0.3) is 10.9 Å². The first-order valence-electron chi connectivity index (χ1n) is 9.02. The third-order valence-corrected chi connectivity index (χ3v) is 4.60. The van der Waals surface area contributed by atoms with Gasteiger partial charge in [0.25, 0.3) is 5.56 Å². The van der Waals surface area contributed by atoms with Crippen LogP contribution in [0.3, 0.4) is 0 Å². The number of hydrogen-bond donors (Lipinski definition) is 3. The smallest absolute Gasteiger partial charge is 0.328 e. The Bertz CT molecular complexity index is 1150. The van der Waals surface area contributed by atoms with Crippen molar-refractivity contribution in [2.24, 2.45) is 0 Å². The fraction of sp³-hybridized carbons (Fsp3) is 0.286. The number of phenols is 1. The van der Waals surface area contributed by atoms with Gasteiger partial charge in [-0.1, -0.05) is 39.0 Å². The summed E-state index contributed by atoms with van der Waals surface area (Å²) in [5.41, 5.74) is 0.635. The zero-order valence-corrected chi connectivity index (χ0v) is 16.1. The standard InChI is InChI=1S/C21H23N3O4/c1-21(2,3)13-8-9-17(25)15(12-13)22-18(26)10-11-24-16-7-5-4-6-14(16)19(27)23-20(24)28/h4-9,12,25H,10-11H2,1-3H3,(H,22,26)(H,23,27,28). The normalized spacial score (nSPS) is 11.5. The highest BCUT2D eigenvalue weighted by molar-refractivity contribution is 5.92. The molecule has 0 radical (unpaired) electrons. The SMILES string of the molecule is CC(C)(C)c1ccc(O)c(NC(=O)CCn2c(=O)[nH]c(=O)c3ccccc32)c1. The number of nitrogens with one attached hydrogen (secondary N) is 2. The molecular formula is C21H23N3O4. The van der Waals surface area contributed by atoms with Crippen LogP contribution in [0.1, 0.15) is 32.8 Å². The number of carbonyl (C=O) groups excluding carboxylic acids is 1. The van der Waals surface area contributed by atoms with Crippen LogP contribution in [0.5, 0.6) is 5.75 Å². The van der Waals surface area contributed by atoms with Crippen molar-refractivity contribution >= 4 is 22.5 Å². The Morgan fingerprint density at radius 3 is 2.57 bits per heavy atom. The number of hydrogen-bond acceptors (Lipinski definition) is 4. The first-order chi connectivity index (χ1) is 13.2. The predicted molar refractivity (Wildman–Crippen MR) is 109 cm³/mol. The lowest BCUT2D eigenvalue weighted by molar-refractivity contribution is -0.116. The molecule has 0 aliphatic rings. The van der Waals surface area contributed by atoms with Crippen LogP contribution < -0.4 is 16.6 Å². The van der Waals surface area contributed by atoms with Gasteiger partial charge < -0.3 is 10.4 Å². The van der Waals surface area contributed by atoms with Crippen molar-refractivity contribution < 1.29 is 9.90 Å². The second-order valence-corrected chi connectivity index (χ2v) is 7.71. The van der Waals surface area contributed by atoms with E-state index in [-0.39, 0.29) is 30.0 Å². The molecular weight excluding hydrogens is 358 g/mol. The van der Waals surface area contributed by atoms with Crippen LogP contribution in [0.4, 0.5) is 5.69 Å². The lowest BCUT2D eigenvalue weighted by atomic mass is 9.87. The number of phenolic OH excluding ortho intramolecular Hbond substituents is 1. The Kier molecular flexibility index (Phi) is 5.09. The number of fused-ring (bicyclic) bond motifs is 1. The molecule has 1 heterocycles. The topological polar surface area (TPSA) is 104 Å². The number of carbonyl (C=O) groups is 1. The lowest BCUT2D eigenvalue weighted by Gasteiger charge is -2.20. The van der Waals surface area contributed by atoms with E-state index in [0.29, 0.717) is 16.6 Å². The number of H-pyrrole nitrogens is 1. The van der Waals surface area contributed by atoms with E-state index >= 15 is 0 Å². The highest BCUT2D eigenvalue weighted by Gasteiger charge is 2.17. The van der Waals surface area contributed by atoms with E-state index < -0.39 is 11.2 Å². The van der Waals surface area contributed by atoms with Crippen molar-refractivity contribution in [2.45, 2.75) is 39.2 Å². The minimum Gasteiger partial charge on any atom is -0.506 e. The molecule has 7 nitrogen and oxygen atoms in total. The quantitative estimate of drug-likeness (QED) is 0.605. The van der Waals surface area contributed by atoms with Gasteiger partial charge in [0.2, 0.25) is 5.91 Å². The fourth-order valence-corrected chi connectivity index (χ4v) is 2.99. The molecule has 0 aliphatic carbocycles. The van der Waals surface area contributed by atoms with Gasteiger partial charge >= 0.3 is 5.69 Å². The number of aromatic hydroxyl groups is 1. The van der Waals surface area contributed by atoms with E-state index in [1.807, 2.05) is 26.8 Å². The summed E-state index contributed by atoms with van der Waals surface area (Å²) in [4.78, 5) is 38.7. The van der Waals surface area contributed by atoms with Crippen LogP contribution in [-0.2, 0) is 16.8 Å². The van der Waals surface area contributed by atoms with Crippen LogP contribution in [0.2, 0.25) is 0 Å². The van der Waals surface area contributed by atoms with Gasteiger partial charge in [-0.3, -0.25) is 19.1 Å². The molecule has 0 atom stereocenters. The van der Waals surface area contributed by atoms with E-state index in [4.69, 9.17) is 0 Å². The summed E-state index contributed by atoms with van der Waals surface area (Å²) in [6.45, 7) is 6.22. The van der Waals surface area contributed by atoms with Crippen LogP contribution in [-0.4, -0.2) is 20.6 Å². The molecule has 28 heavy (non-hydrogen) atoms. The lowest BCUT2D eigenvalue weighted by Crippen LogP contribution is -2.31.